The quantitative estimate of drug-likeness (QED) is 0.697. The minimum Gasteiger partial charge on any atom is -0.360 e. The fraction of sp³-hybridized carbons (Fsp3) is 0.250. The van der Waals surface area contributed by atoms with Crippen LogP contribution in [0, 0.1) is 11.7 Å². The van der Waals surface area contributed by atoms with E-state index in [0.717, 1.165) is 23.0 Å². The van der Waals surface area contributed by atoms with Gasteiger partial charge < -0.3 is 4.98 Å². The van der Waals surface area contributed by atoms with Crippen molar-refractivity contribution in [1.29, 1.82) is 0 Å². The van der Waals surface area contributed by atoms with E-state index in [1.54, 1.807) is 6.20 Å². The van der Waals surface area contributed by atoms with E-state index in [9.17, 15) is 17.6 Å². The molecule has 0 radical (unpaired) electrons. The van der Waals surface area contributed by atoms with Crippen molar-refractivity contribution in [3.8, 4) is 0 Å². The van der Waals surface area contributed by atoms with Gasteiger partial charge in [0, 0.05) is 41.7 Å². The van der Waals surface area contributed by atoms with Crippen LogP contribution in [0.25, 0.3) is 10.9 Å². The van der Waals surface area contributed by atoms with Gasteiger partial charge in [-0.15, -0.1) is 0 Å². The first-order valence-electron chi connectivity index (χ1n) is 8.83. The highest BCUT2D eigenvalue weighted by atomic mass is 32.2. The number of sulfonamides is 1. The number of rotatable bonds is 4. The molecule has 0 unspecified atom stereocenters. The minimum atomic E-state index is -3.67. The molecule has 0 amide bonds. The predicted molar refractivity (Wildman–Crippen MR) is 101 cm³/mol. The number of piperidine rings is 1. The summed E-state index contributed by atoms with van der Waals surface area (Å²) < 4.78 is 39.8. The maximum Gasteiger partial charge on any atom is 0.243 e. The molecule has 1 aliphatic heterocycles. The molecule has 1 saturated heterocycles. The summed E-state index contributed by atoms with van der Waals surface area (Å²) in [6.07, 6.45) is 2.67. The molecule has 1 aromatic heterocycles. The smallest absolute Gasteiger partial charge is 0.243 e. The average molecular weight is 386 g/mol. The number of para-hydroxylation sites is 1. The lowest BCUT2D eigenvalue weighted by Gasteiger charge is -2.30. The number of hydrogen-bond donors (Lipinski definition) is 1. The highest BCUT2D eigenvalue weighted by Crippen LogP contribution is 2.28. The third kappa shape index (κ3) is 3.28. The number of aromatic amines is 1. The number of carbonyl (C=O) groups excluding carboxylic acids is 1. The molecule has 7 heteroatoms. The van der Waals surface area contributed by atoms with Crippen LogP contribution in [0.15, 0.2) is 59.6 Å². The van der Waals surface area contributed by atoms with Crippen molar-refractivity contribution < 1.29 is 17.6 Å². The first kappa shape index (κ1) is 17.9. The summed E-state index contributed by atoms with van der Waals surface area (Å²) in [4.78, 5) is 16.1. The number of hydrogen-bond acceptors (Lipinski definition) is 3. The van der Waals surface area contributed by atoms with Gasteiger partial charge in [-0.25, -0.2) is 12.8 Å². The van der Waals surface area contributed by atoms with Crippen LogP contribution in [0.1, 0.15) is 23.2 Å². The molecule has 140 valence electrons. The lowest BCUT2D eigenvalue weighted by Crippen LogP contribution is -2.40. The molecular weight excluding hydrogens is 367 g/mol. The van der Waals surface area contributed by atoms with Crippen LogP contribution in [-0.2, 0) is 10.0 Å². The Labute approximate surface area is 156 Å². The van der Waals surface area contributed by atoms with Gasteiger partial charge in [0.1, 0.15) is 5.82 Å². The fourth-order valence-corrected chi connectivity index (χ4v) is 5.08. The second-order valence-corrected chi connectivity index (χ2v) is 8.68. The van der Waals surface area contributed by atoms with E-state index in [1.807, 2.05) is 24.3 Å². The molecule has 1 aliphatic rings. The zero-order valence-electron chi connectivity index (χ0n) is 14.6. The number of ketones is 1. The largest absolute Gasteiger partial charge is 0.360 e. The van der Waals surface area contributed by atoms with Crippen LogP contribution in [-0.4, -0.2) is 36.6 Å². The van der Waals surface area contributed by atoms with E-state index in [2.05, 4.69) is 4.98 Å². The Kier molecular flexibility index (Phi) is 4.57. The van der Waals surface area contributed by atoms with Crippen molar-refractivity contribution in [2.75, 3.05) is 13.1 Å². The number of carbonyl (C=O) groups is 1. The number of nitrogens with zero attached hydrogens (tertiary/aromatic N) is 1. The summed E-state index contributed by atoms with van der Waals surface area (Å²) in [5.74, 6) is -0.632. The lowest BCUT2D eigenvalue weighted by molar-refractivity contribution is 0.0877. The number of H-pyrrole nitrogens is 1. The molecule has 2 aromatic carbocycles. The molecule has 1 N–H and O–H groups in total. The Balaban J connectivity index is 1.48. The third-order valence-corrected chi connectivity index (χ3v) is 7.04. The zero-order valence-corrected chi connectivity index (χ0v) is 15.4. The number of halogens is 1. The molecule has 4 rings (SSSR count). The van der Waals surface area contributed by atoms with Gasteiger partial charge in [-0.2, -0.15) is 4.31 Å². The van der Waals surface area contributed by atoms with Crippen LogP contribution in [0.3, 0.4) is 0 Å². The van der Waals surface area contributed by atoms with Crippen molar-refractivity contribution in [2.45, 2.75) is 17.7 Å². The lowest BCUT2D eigenvalue weighted by atomic mass is 9.89. The van der Waals surface area contributed by atoms with Gasteiger partial charge in [-0.3, -0.25) is 4.79 Å². The monoisotopic (exact) mass is 386 g/mol. The Morgan fingerprint density at radius 1 is 1.04 bits per heavy atom. The number of nitrogens with one attached hydrogen (secondary N) is 1. The summed E-state index contributed by atoms with van der Waals surface area (Å²) >= 11 is 0. The Morgan fingerprint density at radius 2 is 1.70 bits per heavy atom. The van der Waals surface area contributed by atoms with Crippen molar-refractivity contribution in [2.24, 2.45) is 5.92 Å². The van der Waals surface area contributed by atoms with Gasteiger partial charge in [0.25, 0.3) is 0 Å². The van der Waals surface area contributed by atoms with Crippen LogP contribution in [0.4, 0.5) is 4.39 Å². The molecule has 27 heavy (non-hydrogen) atoms. The fourth-order valence-electron chi connectivity index (χ4n) is 3.61. The first-order valence-corrected chi connectivity index (χ1v) is 10.3. The molecule has 5 nitrogen and oxygen atoms in total. The second-order valence-electron chi connectivity index (χ2n) is 6.74. The van der Waals surface area contributed by atoms with E-state index in [1.165, 1.54) is 16.4 Å². The van der Waals surface area contributed by atoms with Crippen molar-refractivity contribution in [3.05, 3.63) is 66.1 Å². The molecule has 2 heterocycles. The van der Waals surface area contributed by atoms with Crippen molar-refractivity contribution in [1.82, 2.24) is 9.29 Å². The molecule has 1 fully saturated rings. The van der Waals surface area contributed by atoms with E-state index in [0.29, 0.717) is 18.4 Å². The highest BCUT2D eigenvalue weighted by molar-refractivity contribution is 7.89. The van der Waals surface area contributed by atoms with E-state index in [4.69, 9.17) is 0 Å². The molecule has 0 atom stereocenters. The van der Waals surface area contributed by atoms with Crippen LogP contribution >= 0.6 is 0 Å². The second kappa shape index (κ2) is 6.90. The number of fused-ring (bicyclic) bond motifs is 1. The maximum absolute atomic E-state index is 13.1. The number of aromatic nitrogens is 1. The van der Waals surface area contributed by atoms with Gasteiger partial charge in [0.2, 0.25) is 10.0 Å². The van der Waals surface area contributed by atoms with Crippen LogP contribution in [0.2, 0.25) is 0 Å². The average Bonchev–Trinajstić information content (AvgIpc) is 3.12. The predicted octanol–water partition coefficient (Wildman–Crippen LogP) is 3.59. The van der Waals surface area contributed by atoms with E-state index >= 15 is 0 Å². The summed E-state index contributed by atoms with van der Waals surface area (Å²) in [5, 5.41) is 0.892. The highest BCUT2D eigenvalue weighted by Gasteiger charge is 2.33. The zero-order chi connectivity index (χ0) is 19.0. The van der Waals surface area contributed by atoms with Gasteiger partial charge in [0.15, 0.2) is 5.78 Å². The molecule has 0 bridgehead atoms. The standard InChI is InChI=1S/C20H19FN2O3S/c21-15-5-7-16(8-6-15)27(25,26)23-11-9-14(10-12-23)20(24)18-13-22-19-4-2-1-3-17(18)19/h1-8,13-14,22H,9-12H2. The van der Waals surface area contributed by atoms with Gasteiger partial charge >= 0.3 is 0 Å². The van der Waals surface area contributed by atoms with Gasteiger partial charge in [0.05, 0.1) is 4.90 Å². The number of benzene rings is 2. The van der Waals surface area contributed by atoms with Crippen molar-refractivity contribution in [3.63, 3.8) is 0 Å². The minimum absolute atomic E-state index is 0.0475. The van der Waals surface area contributed by atoms with E-state index < -0.39 is 15.8 Å². The summed E-state index contributed by atoms with van der Waals surface area (Å²) in [7, 11) is -3.67. The Morgan fingerprint density at radius 3 is 2.41 bits per heavy atom. The Hall–Kier alpha value is -2.51. The molecule has 0 spiro atoms. The summed E-state index contributed by atoms with van der Waals surface area (Å²) in [5.41, 5.74) is 1.57. The first-order chi connectivity index (χ1) is 13.0. The summed E-state index contributed by atoms with van der Waals surface area (Å²) in [6, 6.07) is 12.5. The van der Waals surface area contributed by atoms with Crippen LogP contribution < -0.4 is 0 Å². The third-order valence-electron chi connectivity index (χ3n) is 5.13. The van der Waals surface area contributed by atoms with Gasteiger partial charge in [-0.1, -0.05) is 18.2 Å². The van der Waals surface area contributed by atoms with Crippen molar-refractivity contribution >= 4 is 26.7 Å². The maximum atomic E-state index is 13.1. The normalized spacial score (nSPS) is 16.6. The summed E-state index contributed by atoms with van der Waals surface area (Å²) in [6.45, 7) is 0.553. The van der Waals surface area contributed by atoms with Gasteiger partial charge in [-0.05, 0) is 43.2 Å². The topological polar surface area (TPSA) is 70.2 Å². The molecule has 0 saturated carbocycles. The van der Waals surface area contributed by atoms with E-state index in [-0.39, 0.29) is 29.7 Å². The molecular formula is C20H19FN2O3S. The van der Waals surface area contributed by atoms with Crippen LogP contribution in [0.5, 0.6) is 0 Å². The Bertz CT molecular complexity index is 1080. The number of Topliss-reactive ketones (excluding diaryl/α,β-unsaturated/α-hetero) is 1. The SMILES string of the molecule is O=C(c1c[nH]c2ccccc12)C1CCN(S(=O)(=O)c2ccc(F)cc2)CC1. The molecule has 3 aromatic rings. The molecule has 0 aliphatic carbocycles.